The van der Waals surface area contributed by atoms with Gasteiger partial charge in [-0.15, -0.1) is 0 Å². The molecule has 3 rings (SSSR count). The van der Waals surface area contributed by atoms with Crippen molar-refractivity contribution in [2.24, 2.45) is 5.92 Å². The van der Waals surface area contributed by atoms with Gasteiger partial charge in [0.15, 0.2) is 0 Å². The van der Waals surface area contributed by atoms with Crippen LogP contribution < -0.4 is 4.74 Å². The molecule has 0 radical (unpaired) electrons. The SMILES string of the molecule is CN(Cc1ccc(Oc2ccccc2)cc1)C(=O)[C@H]1CCOC1. The highest BCUT2D eigenvalue weighted by molar-refractivity contribution is 5.78. The summed E-state index contributed by atoms with van der Waals surface area (Å²) >= 11 is 0. The lowest BCUT2D eigenvalue weighted by molar-refractivity contribution is -0.134. The van der Waals surface area contributed by atoms with Gasteiger partial charge in [-0.2, -0.15) is 0 Å². The van der Waals surface area contributed by atoms with Crippen molar-refractivity contribution in [3.05, 3.63) is 60.2 Å². The molecular formula is C19H21NO3. The Hall–Kier alpha value is -2.33. The third kappa shape index (κ3) is 4.11. The third-order valence-corrected chi connectivity index (χ3v) is 3.98. The Bertz CT molecular complexity index is 633. The van der Waals surface area contributed by atoms with Crippen LogP contribution >= 0.6 is 0 Å². The van der Waals surface area contributed by atoms with E-state index >= 15 is 0 Å². The largest absolute Gasteiger partial charge is 0.457 e. The van der Waals surface area contributed by atoms with Crippen molar-refractivity contribution in [3.63, 3.8) is 0 Å². The Morgan fingerprint density at radius 1 is 1.13 bits per heavy atom. The predicted octanol–water partition coefficient (Wildman–Crippen LogP) is 3.47. The molecule has 0 aliphatic carbocycles. The second kappa shape index (κ2) is 7.29. The van der Waals surface area contributed by atoms with Crippen molar-refractivity contribution in [2.45, 2.75) is 13.0 Å². The fraction of sp³-hybridized carbons (Fsp3) is 0.316. The highest BCUT2D eigenvalue weighted by Crippen LogP contribution is 2.22. The zero-order chi connectivity index (χ0) is 16.1. The maximum atomic E-state index is 12.3. The Balaban J connectivity index is 1.57. The Labute approximate surface area is 136 Å². The van der Waals surface area contributed by atoms with Gasteiger partial charge >= 0.3 is 0 Å². The van der Waals surface area contributed by atoms with Gasteiger partial charge in [-0.3, -0.25) is 4.79 Å². The number of nitrogens with zero attached hydrogens (tertiary/aromatic N) is 1. The predicted molar refractivity (Wildman–Crippen MR) is 88.4 cm³/mol. The van der Waals surface area contributed by atoms with Crippen LogP contribution in [0.25, 0.3) is 0 Å². The van der Waals surface area contributed by atoms with Gasteiger partial charge in [-0.25, -0.2) is 0 Å². The fourth-order valence-corrected chi connectivity index (χ4v) is 2.68. The number of rotatable bonds is 5. The van der Waals surface area contributed by atoms with Crippen molar-refractivity contribution in [1.82, 2.24) is 4.90 Å². The van der Waals surface area contributed by atoms with Crippen LogP contribution in [0.4, 0.5) is 0 Å². The molecule has 4 heteroatoms. The van der Waals surface area contributed by atoms with Gasteiger partial charge in [0.25, 0.3) is 0 Å². The third-order valence-electron chi connectivity index (χ3n) is 3.98. The molecule has 0 N–H and O–H groups in total. The first-order chi connectivity index (χ1) is 11.2. The molecule has 1 fully saturated rings. The van der Waals surface area contributed by atoms with E-state index in [1.165, 1.54) is 0 Å². The number of para-hydroxylation sites is 1. The molecule has 4 nitrogen and oxygen atoms in total. The van der Waals surface area contributed by atoms with Crippen molar-refractivity contribution in [2.75, 3.05) is 20.3 Å². The molecule has 23 heavy (non-hydrogen) atoms. The van der Waals surface area contributed by atoms with Crippen LogP contribution in [0.1, 0.15) is 12.0 Å². The van der Waals surface area contributed by atoms with Crippen LogP contribution in [0, 0.1) is 5.92 Å². The molecule has 0 spiro atoms. The molecule has 1 amide bonds. The zero-order valence-corrected chi connectivity index (χ0v) is 13.3. The monoisotopic (exact) mass is 311 g/mol. The second-order valence-corrected chi connectivity index (χ2v) is 5.81. The molecule has 1 atom stereocenters. The molecule has 120 valence electrons. The van der Waals surface area contributed by atoms with Gasteiger partial charge in [0, 0.05) is 20.2 Å². The quantitative estimate of drug-likeness (QED) is 0.848. The van der Waals surface area contributed by atoms with Gasteiger partial charge < -0.3 is 14.4 Å². The molecule has 0 aromatic heterocycles. The van der Waals surface area contributed by atoms with Crippen molar-refractivity contribution < 1.29 is 14.3 Å². The van der Waals surface area contributed by atoms with E-state index in [9.17, 15) is 4.79 Å². The number of benzene rings is 2. The zero-order valence-electron chi connectivity index (χ0n) is 13.3. The minimum atomic E-state index is 0.0145. The molecule has 1 heterocycles. The molecule has 0 unspecified atom stereocenters. The highest BCUT2D eigenvalue weighted by Gasteiger charge is 2.26. The fourth-order valence-electron chi connectivity index (χ4n) is 2.68. The molecule has 1 aliphatic rings. The smallest absolute Gasteiger partial charge is 0.228 e. The summed E-state index contributed by atoms with van der Waals surface area (Å²) in [6.07, 6.45) is 0.826. The van der Waals surface area contributed by atoms with E-state index in [0.29, 0.717) is 19.8 Å². The Morgan fingerprint density at radius 2 is 1.83 bits per heavy atom. The molecular weight excluding hydrogens is 290 g/mol. The lowest BCUT2D eigenvalue weighted by atomic mass is 10.1. The van der Waals surface area contributed by atoms with Crippen molar-refractivity contribution in [1.29, 1.82) is 0 Å². The molecule has 2 aromatic carbocycles. The Morgan fingerprint density at radius 3 is 2.48 bits per heavy atom. The molecule has 1 saturated heterocycles. The van der Waals surface area contributed by atoms with Gasteiger partial charge in [0.05, 0.1) is 12.5 Å². The number of hydrogen-bond acceptors (Lipinski definition) is 3. The maximum absolute atomic E-state index is 12.3. The van der Waals surface area contributed by atoms with Gasteiger partial charge in [0.2, 0.25) is 5.91 Å². The van der Waals surface area contributed by atoms with E-state index in [0.717, 1.165) is 23.5 Å². The first-order valence-corrected chi connectivity index (χ1v) is 7.87. The summed E-state index contributed by atoms with van der Waals surface area (Å²) in [5.74, 6) is 1.78. The summed E-state index contributed by atoms with van der Waals surface area (Å²) in [6, 6.07) is 17.5. The number of carbonyl (C=O) groups is 1. The summed E-state index contributed by atoms with van der Waals surface area (Å²) in [7, 11) is 1.84. The van der Waals surface area contributed by atoms with Crippen LogP contribution in [0.3, 0.4) is 0 Å². The van der Waals surface area contributed by atoms with E-state index < -0.39 is 0 Å². The van der Waals surface area contributed by atoms with E-state index in [2.05, 4.69) is 0 Å². The summed E-state index contributed by atoms with van der Waals surface area (Å²) in [6.45, 7) is 1.84. The van der Waals surface area contributed by atoms with Crippen molar-refractivity contribution in [3.8, 4) is 11.5 Å². The van der Waals surface area contributed by atoms with Gasteiger partial charge in [0.1, 0.15) is 11.5 Å². The van der Waals surface area contributed by atoms with Crippen LogP contribution in [0.2, 0.25) is 0 Å². The average Bonchev–Trinajstić information content (AvgIpc) is 3.11. The van der Waals surface area contributed by atoms with Gasteiger partial charge in [-0.1, -0.05) is 30.3 Å². The second-order valence-electron chi connectivity index (χ2n) is 5.81. The van der Waals surface area contributed by atoms with Crippen molar-refractivity contribution >= 4 is 5.91 Å². The van der Waals surface area contributed by atoms with E-state index in [4.69, 9.17) is 9.47 Å². The lowest BCUT2D eigenvalue weighted by Crippen LogP contribution is -2.32. The summed E-state index contributed by atoms with van der Waals surface area (Å²) in [5.41, 5.74) is 1.08. The normalized spacial score (nSPS) is 17.0. The first-order valence-electron chi connectivity index (χ1n) is 7.87. The maximum Gasteiger partial charge on any atom is 0.228 e. The topological polar surface area (TPSA) is 38.8 Å². The molecule has 2 aromatic rings. The molecule has 0 bridgehead atoms. The minimum Gasteiger partial charge on any atom is -0.457 e. The van der Waals surface area contributed by atoms with Crippen LogP contribution in [0.5, 0.6) is 11.5 Å². The summed E-state index contributed by atoms with van der Waals surface area (Å²) in [4.78, 5) is 14.0. The van der Waals surface area contributed by atoms with Crippen LogP contribution in [0.15, 0.2) is 54.6 Å². The van der Waals surface area contributed by atoms with Crippen LogP contribution in [-0.2, 0) is 16.1 Å². The van der Waals surface area contributed by atoms with E-state index in [1.54, 1.807) is 4.90 Å². The summed E-state index contributed by atoms with van der Waals surface area (Å²) in [5, 5.41) is 0. The number of carbonyl (C=O) groups excluding carboxylic acids is 1. The minimum absolute atomic E-state index is 0.0145. The number of amides is 1. The van der Waals surface area contributed by atoms with E-state index in [1.807, 2.05) is 61.6 Å². The number of ether oxygens (including phenoxy) is 2. The molecule has 1 aliphatic heterocycles. The highest BCUT2D eigenvalue weighted by atomic mass is 16.5. The Kier molecular flexibility index (Phi) is 4.93. The summed E-state index contributed by atoms with van der Waals surface area (Å²) < 4.78 is 11.1. The first kappa shape index (κ1) is 15.6. The van der Waals surface area contributed by atoms with E-state index in [-0.39, 0.29) is 11.8 Å². The standard InChI is InChI=1S/C19H21NO3/c1-20(19(21)16-11-12-22-14-16)13-15-7-9-18(10-8-15)23-17-5-3-2-4-6-17/h2-10,16H,11-14H2,1H3/t16-/m0/s1. The number of hydrogen-bond donors (Lipinski definition) is 0. The lowest BCUT2D eigenvalue weighted by Gasteiger charge is -2.20. The van der Waals surface area contributed by atoms with Gasteiger partial charge in [-0.05, 0) is 36.2 Å². The molecule has 0 saturated carbocycles. The van der Waals surface area contributed by atoms with Crippen LogP contribution in [-0.4, -0.2) is 31.1 Å². The average molecular weight is 311 g/mol.